The first-order valence-corrected chi connectivity index (χ1v) is 4.97. The van der Waals surface area contributed by atoms with Crippen molar-refractivity contribution in [2.45, 2.75) is 32.1 Å². The summed E-state index contributed by atoms with van der Waals surface area (Å²) >= 11 is 0. The second kappa shape index (κ2) is 3.48. The van der Waals surface area contributed by atoms with E-state index in [9.17, 15) is 5.11 Å². The van der Waals surface area contributed by atoms with E-state index < -0.39 is 0 Å². The Labute approximate surface area is 73.7 Å². The van der Waals surface area contributed by atoms with Crippen molar-refractivity contribution in [1.29, 1.82) is 0 Å². The molecule has 1 aliphatic carbocycles. The van der Waals surface area contributed by atoms with Gasteiger partial charge in [0.25, 0.3) is 0 Å². The van der Waals surface area contributed by atoms with E-state index in [2.05, 4.69) is 5.32 Å². The lowest BCUT2D eigenvalue weighted by Crippen LogP contribution is -2.27. The zero-order valence-corrected chi connectivity index (χ0v) is 7.47. The number of hydrogen-bond acceptors (Lipinski definition) is 2. The highest BCUT2D eigenvalue weighted by molar-refractivity contribution is 5.20. The molecule has 0 atom stereocenters. The van der Waals surface area contributed by atoms with Crippen LogP contribution in [0.4, 0.5) is 0 Å². The third kappa shape index (κ3) is 2.01. The summed E-state index contributed by atoms with van der Waals surface area (Å²) in [6.07, 6.45) is 5.71. The molecule has 0 radical (unpaired) electrons. The highest BCUT2D eigenvalue weighted by atomic mass is 16.3. The van der Waals surface area contributed by atoms with Gasteiger partial charge in [0, 0.05) is 6.42 Å². The van der Waals surface area contributed by atoms with Crippen molar-refractivity contribution in [3.05, 3.63) is 11.3 Å². The van der Waals surface area contributed by atoms with Crippen molar-refractivity contribution >= 4 is 0 Å². The van der Waals surface area contributed by atoms with Gasteiger partial charge in [-0.2, -0.15) is 0 Å². The molecule has 0 aromatic rings. The molecule has 68 valence electrons. The number of hydrogen-bond donors (Lipinski definition) is 2. The number of piperidine rings is 1. The Morgan fingerprint density at radius 1 is 1.33 bits per heavy atom. The summed E-state index contributed by atoms with van der Waals surface area (Å²) in [5.41, 5.74) is 1.31. The number of aliphatic hydroxyl groups excluding tert-OH is 1. The molecule has 2 nitrogen and oxygen atoms in total. The fourth-order valence-corrected chi connectivity index (χ4v) is 1.85. The number of aliphatic hydroxyl groups is 1. The fourth-order valence-electron chi connectivity index (χ4n) is 1.85. The Morgan fingerprint density at radius 2 is 2.00 bits per heavy atom. The molecule has 0 bridgehead atoms. The molecule has 1 saturated heterocycles. The molecule has 0 spiro atoms. The minimum absolute atomic E-state index is 0.710. The molecule has 2 heteroatoms. The molecule has 0 aromatic carbocycles. The Bertz CT molecular complexity index is 186. The predicted molar refractivity (Wildman–Crippen MR) is 49.1 cm³/mol. The van der Waals surface area contributed by atoms with Crippen LogP contribution in [-0.2, 0) is 0 Å². The maximum Gasteiger partial charge on any atom is 0.0917 e. The topological polar surface area (TPSA) is 32.3 Å². The van der Waals surface area contributed by atoms with Crippen molar-refractivity contribution in [3.63, 3.8) is 0 Å². The Morgan fingerprint density at radius 3 is 2.58 bits per heavy atom. The molecule has 1 saturated carbocycles. The van der Waals surface area contributed by atoms with E-state index >= 15 is 0 Å². The largest absolute Gasteiger partial charge is 0.512 e. The van der Waals surface area contributed by atoms with E-state index in [4.69, 9.17) is 0 Å². The molecule has 2 fully saturated rings. The maximum atomic E-state index is 9.60. The van der Waals surface area contributed by atoms with Gasteiger partial charge in [0.1, 0.15) is 0 Å². The van der Waals surface area contributed by atoms with Crippen LogP contribution in [-0.4, -0.2) is 18.2 Å². The Balaban J connectivity index is 1.81. The molecular weight excluding hydrogens is 150 g/mol. The minimum Gasteiger partial charge on any atom is -0.512 e. The highest BCUT2D eigenvalue weighted by Gasteiger charge is 2.21. The summed E-state index contributed by atoms with van der Waals surface area (Å²) in [6.45, 7) is 2.26. The Hall–Kier alpha value is -0.500. The molecular formula is C10H17NO. The standard InChI is InChI=1S/C10H17NO/c12-10(9-1-2-9)7-8-3-5-11-6-4-8/h8,11-12H,1-7H2. The number of rotatable bonds is 2. The first-order valence-electron chi connectivity index (χ1n) is 4.97. The summed E-state index contributed by atoms with van der Waals surface area (Å²) in [6, 6.07) is 0. The van der Waals surface area contributed by atoms with Crippen LogP contribution in [0.3, 0.4) is 0 Å². The van der Waals surface area contributed by atoms with Gasteiger partial charge in [-0.3, -0.25) is 0 Å². The predicted octanol–water partition coefficient (Wildman–Crippen LogP) is 1.98. The van der Waals surface area contributed by atoms with E-state index in [1.165, 1.54) is 18.4 Å². The normalized spacial score (nSPS) is 24.2. The fraction of sp³-hybridized carbons (Fsp3) is 0.800. The van der Waals surface area contributed by atoms with E-state index in [-0.39, 0.29) is 0 Å². The number of allylic oxidation sites excluding steroid dienone is 2. The van der Waals surface area contributed by atoms with Gasteiger partial charge in [0.15, 0.2) is 0 Å². The van der Waals surface area contributed by atoms with Gasteiger partial charge in [0.05, 0.1) is 5.76 Å². The molecule has 0 unspecified atom stereocenters. The molecule has 2 aliphatic rings. The van der Waals surface area contributed by atoms with E-state index in [1.54, 1.807) is 0 Å². The highest BCUT2D eigenvalue weighted by Crippen LogP contribution is 2.34. The summed E-state index contributed by atoms with van der Waals surface area (Å²) in [4.78, 5) is 0. The van der Waals surface area contributed by atoms with Crippen molar-refractivity contribution in [2.24, 2.45) is 5.92 Å². The van der Waals surface area contributed by atoms with Crippen molar-refractivity contribution < 1.29 is 5.11 Å². The molecule has 0 amide bonds. The zero-order valence-electron chi connectivity index (χ0n) is 7.47. The lowest BCUT2D eigenvalue weighted by molar-refractivity contribution is 0.304. The SMILES string of the molecule is OC(CC1CCNCC1)=C1CC1. The summed E-state index contributed by atoms with van der Waals surface area (Å²) in [7, 11) is 0. The lowest BCUT2D eigenvalue weighted by atomic mass is 9.93. The second-order valence-corrected chi connectivity index (χ2v) is 3.95. The van der Waals surface area contributed by atoms with Crippen LogP contribution in [0.25, 0.3) is 0 Å². The van der Waals surface area contributed by atoms with Crippen LogP contribution in [0, 0.1) is 5.92 Å². The van der Waals surface area contributed by atoms with Gasteiger partial charge in [-0.1, -0.05) is 0 Å². The average molecular weight is 167 g/mol. The van der Waals surface area contributed by atoms with E-state index in [1.807, 2.05) is 0 Å². The first-order chi connectivity index (χ1) is 5.86. The molecule has 2 N–H and O–H groups in total. The third-order valence-electron chi connectivity index (χ3n) is 2.85. The van der Waals surface area contributed by atoms with Crippen LogP contribution < -0.4 is 5.32 Å². The zero-order chi connectivity index (χ0) is 8.39. The van der Waals surface area contributed by atoms with Gasteiger partial charge in [-0.15, -0.1) is 0 Å². The molecule has 12 heavy (non-hydrogen) atoms. The van der Waals surface area contributed by atoms with Gasteiger partial charge >= 0.3 is 0 Å². The smallest absolute Gasteiger partial charge is 0.0917 e. The van der Waals surface area contributed by atoms with Crippen molar-refractivity contribution in [2.75, 3.05) is 13.1 Å². The van der Waals surface area contributed by atoms with Crippen LogP contribution in [0.15, 0.2) is 11.3 Å². The minimum atomic E-state index is 0.710. The van der Waals surface area contributed by atoms with Crippen LogP contribution in [0.1, 0.15) is 32.1 Å². The number of nitrogens with one attached hydrogen (secondary N) is 1. The second-order valence-electron chi connectivity index (χ2n) is 3.95. The maximum absolute atomic E-state index is 9.60. The Kier molecular flexibility index (Phi) is 2.35. The van der Waals surface area contributed by atoms with Crippen molar-refractivity contribution in [3.8, 4) is 0 Å². The molecule has 1 heterocycles. The first kappa shape index (κ1) is 8.11. The van der Waals surface area contributed by atoms with Crippen LogP contribution in [0.5, 0.6) is 0 Å². The molecule has 1 aliphatic heterocycles. The van der Waals surface area contributed by atoms with Gasteiger partial charge in [-0.25, -0.2) is 0 Å². The lowest BCUT2D eigenvalue weighted by Gasteiger charge is -2.21. The van der Waals surface area contributed by atoms with Gasteiger partial charge in [-0.05, 0) is 50.3 Å². The van der Waals surface area contributed by atoms with E-state index in [0.717, 1.165) is 38.3 Å². The van der Waals surface area contributed by atoms with Crippen molar-refractivity contribution in [1.82, 2.24) is 5.32 Å². The van der Waals surface area contributed by atoms with Gasteiger partial charge in [0.2, 0.25) is 0 Å². The average Bonchev–Trinajstić information content (AvgIpc) is 2.88. The summed E-state index contributed by atoms with van der Waals surface area (Å²) in [5, 5.41) is 12.9. The summed E-state index contributed by atoms with van der Waals surface area (Å²) in [5.74, 6) is 1.45. The van der Waals surface area contributed by atoms with Crippen LogP contribution in [0.2, 0.25) is 0 Å². The van der Waals surface area contributed by atoms with Crippen LogP contribution >= 0.6 is 0 Å². The summed E-state index contributed by atoms with van der Waals surface area (Å²) < 4.78 is 0. The van der Waals surface area contributed by atoms with Gasteiger partial charge < -0.3 is 10.4 Å². The quantitative estimate of drug-likeness (QED) is 0.616. The molecule has 2 rings (SSSR count). The molecule has 0 aromatic heterocycles. The van der Waals surface area contributed by atoms with E-state index in [0.29, 0.717) is 5.76 Å². The third-order valence-corrected chi connectivity index (χ3v) is 2.85. The monoisotopic (exact) mass is 167 g/mol.